The van der Waals surface area contributed by atoms with E-state index in [1.807, 2.05) is 6.07 Å². The Bertz CT molecular complexity index is 2990. The summed E-state index contributed by atoms with van der Waals surface area (Å²) in [6, 6.07) is 77.7. The molecule has 1 aromatic heterocycles. The zero-order valence-electron chi connectivity index (χ0n) is 30.7. The van der Waals surface area contributed by atoms with Gasteiger partial charge in [0, 0.05) is 16.5 Å². The van der Waals surface area contributed by atoms with Gasteiger partial charge in [0.15, 0.2) is 5.82 Å². The fraction of sp³-hybridized carbons (Fsp3) is 0. The number of hydrogen-bond donors (Lipinski definition) is 0. The van der Waals surface area contributed by atoms with Crippen molar-refractivity contribution in [2.45, 2.75) is 0 Å². The Labute approximate surface area is 327 Å². The van der Waals surface area contributed by atoms with Gasteiger partial charge in [0.25, 0.3) is 0 Å². The van der Waals surface area contributed by atoms with Crippen molar-refractivity contribution in [3.8, 4) is 78.3 Å². The summed E-state index contributed by atoms with van der Waals surface area (Å²) < 4.78 is 0. The van der Waals surface area contributed by atoms with E-state index in [4.69, 9.17) is 9.97 Å². The third-order valence-corrected chi connectivity index (χ3v) is 10.7. The van der Waals surface area contributed by atoms with E-state index in [0.717, 1.165) is 44.2 Å². The minimum atomic E-state index is 0.715. The van der Waals surface area contributed by atoms with E-state index in [2.05, 4.69) is 212 Å². The minimum Gasteiger partial charge on any atom is -0.228 e. The number of fused-ring (bicyclic) bond motifs is 3. The van der Waals surface area contributed by atoms with Gasteiger partial charge in [-0.1, -0.05) is 194 Å². The van der Waals surface area contributed by atoms with Crippen molar-refractivity contribution >= 4 is 21.7 Å². The van der Waals surface area contributed by atoms with Crippen molar-refractivity contribution in [1.82, 2.24) is 9.97 Å². The summed E-state index contributed by atoms with van der Waals surface area (Å²) >= 11 is 0. The van der Waals surface area contributed by atoms with Crippen LogP contribution in [-0.4, -0.2) is 9.97 Å². The Kier molecular flexibility index (Phi) is 8.55. The molecule has 2 nitrogen and oxygen atoms in total. The summed E-state index contributed by atoms with van der Waals surface area (Å²) in [6.45, 7) is 0. The number of rotatable bonds is 7. The lowest BCUT2D eigenvalue weighted by molar-refractivity contribution is 1.23. The maximum absolute atomic E-state index is 5.32. The highest BCUT2D eigenvalue weighted by Gasteiger charge is 2.15. The molecule has 0 N–H and O–H groups in total. The van der Waals surface area contributed by atoms with Crippen molar-refractivity contribution < 1.29 is 0 Å². The lowest BCUT2D eigenvalue weighted by Gasteiger charge is -2.13. The second kappa shape index (κ2) is 14.4. The third kappa shape index (κ3) is 6.44. The Morgan fingerprint density at radius 1 is 0.250 bits per heavy atom. The Morgan fingerprint density at radius 3 is 1.21 bits per heavy atom. The molecule has 0 spiro atoms. The molecule has 0 radical (unpaired) electrons. The van der Waals surface area contributed by atoms with E-state index in [-0.39, 0.29) is 0 Å². The van der Waals surface area contributed by atoms with Crippen molar-refractivity contribution in [3.05, 3.63) is 218 Å². The molecule has 0 aliphatic rings. The van der Waals surface area contributed by atoms with Crippen LogP contribution in [0.25, 0.3) is 100.0 Å². The molecule has 1 heterocycles. The molecule has 56 heavy (non-hydrogen) atoms. The van der Waals surface area contributed by atoms with Gasteiger partial charge in [0.2, 0.25) is 0 Å². The first kappa shape index (κ1) is 33.2. The molecule has 0 atom stereocenters. The average molecular weight is 713 g/mol. The SMILES string of the molecule is c1ccc(-c2ccc(-c3cccc(-c4cccc(-c5ccc(-c6nc(-c7cccc(-c8ccccc8)c7)nc7ccc8ccccc8c67)cc5)c4)c3)cc2)cc1. The molecule has 0 bridgehead atoms. The van der Waals surface area contributed by atoms with E-state index < -0.39 is 0 Å². The zero-order valence-corrected chi connectivity index (χ0v) is 30.7. The molecular formula is C54H36N2. The molecule has 0 amide bonds. The summed E-state index contributed by atoms with van der Waals surface area (Å²) in [7, 11) is 0. The largest absolute Gasteiger partial charge is 0.228 e. The maximum Gasteiger partial charge on any atom is 0.160 e. The van der Waals surface area contributed by atoms with Gasteiger partial charge in [0.1, 0.15) is 0 Å². The molecule has 0 aliphatic heterocycles. The Hall–Kier alpha value is -7.42. The van der Waals surface area contributed by atoms with E-state index in [0.29, 0.717) is 5.82 Å². The van der Waals surface area contributed by atoms with Crippen LogP contribution in [0, 0.1) is 0 Å². The second-order valence-electron chi connectivity index (χ2n) is 14.2. The summed E-state index contributed by atoms with van der Waals surface area (Å²) in [6.07, 6.45) is 0. The van der Waals surface area contributed by atoms with Crippen LogP contribution in [0.15, 0.2) is 218 Å². The van der Waals surface area contributed by atoms with Gasteiger partial charge in [-0.25, -0.2) is 9.97 Å². The number of benzene rings is 9. The van der Waals surface area contributed by atoms with Crippen molar-refractivity contribution in [2.75, 3.05) is 0 Å². The molecule has 10 rings (SSSR count). The molecular weight excluding hydrogens is 677 g/mol. The summed E-state index contributed by atoms with van der Waals surface area (Å²) in [5.41, 5.74) is 15.8. The van der Waals surface area contributed by atoms with Crippen LogP contribution in [-0.2, 0) is 0 Å². The predicted octanol–water partition coefficient (Wildman–Crippen LogP) is 14.5. The summed E-state index contributed by atoms with van der Waals surface area (Å²) in [4.78, 5) is 10.5. The molecule has 0 saturated heterocycles. The smallest absolute Gasteiger partial charge is 0.160 e. The van der Waals surface area contributed by atoms with Crippen LogP contribution < -0.4 is 0 Å². The molecule has 0 saturated carbocycles. The van der Waals surface area contributed by atoms with Crippen LogP contribution in [0.5, 0.6) is 0 Å². The number of hydrogen-bond acceptors (Lipinski definition) is 2. The van der Waals surface area contributed by atoms with Crippen LogP contribution in [0.3, 0.4) is 0 Å². The highest BCUT2D eigenvalue weighted by atomic mass is 14.9. The van der Waals surface area contributed by atoms with E-state index >= 15 is 0 Å². The summed E-state index contributed by atoms with van der Waals surface area (Å²) in [5, 5.41) is 3.39. The highest BCUT2D eigenvalue weighted by molar-refractivity contribution is 6.12. The van der Waals surface area contributed by atoms with E-state index in [1.165, 1.54) is 49.9 Å². The molecule has 9 aromatic carbocycles. The zero-order chi connectivity index (χ0) is 37.3. The first-order valence-corrected chi connectivity index (χ1v) is 19.1. The van der Waals surface area contributed by atoms with Gasteiger partial charge in [-0.05, 0) is 90.7 Å². The topological polar surface area (TPSA) is 25.8 Å². The molecule has 10 aromatic rings. The minimum absolute atomic E-state index is 0.715. The van der Waals surface area contributed by atoms with Gasteiger partial charge in [0.05, 0.1) is 11.2 Å². The van der Waals surface area contributed by atoms with Crippen LogP contribution in [0.1, 0.15) is 0 Å². The third-order valence-electron chi connectivity index (χ3n) is 10.7. The first-order valence-electron chi connectivity index (χ1n) is 19.1. The molecule has 0 fully saturated rings. The van der Waals surface area contributed by atoms with Crippen LogP contribution in [0.2, 0.25) is 0 Å². The first-order chi connectivity index (χ1) is 27.7. The van der Waals surface area contributed by atoms with Gasteiger partial charge in [-0.3, -0.25) is 0 Å². The second-order valence-corrected chi connectivity index (χ2v) is 14.2. The van der Waals surface area contributed by atoms with Crippen LogP contribution >= 0.6 is 0 Å². The van der Waals surface area contributed by atoms with Crippen molar-refractivity contribution in [1.29, 1.82) is 0 Å². The monoisotopic (exact) mass is 712 g/mol. The van der Waals surface area contributed by atoms with Gasteiger partial charge >= 0.3 is 0 Å². The fourth-order valence-corrected chi connectivity index (χ4v) is 7.77. The lowest BCUT2D eigenvalue weighted by atomic mass is 9.94. The Morgan fingerprint density at radius 2 is 0.643 bits per heavy atom. The van der Waals surface area contributed by atoms with Crippen molar-refractivity contribution in [2.24, 2.45) is 0 Å². The predicted molar refractivity (Wildman–Crippen MR) is 235 cm³/mol. The fourth-order valence-electron chi connectivity index (χ4n) is 7.77. The van der Waals surface area contributed by atoms with Gasteiger partial charge in [-0.2, -0.15) is 0 Å². The molecule has 0 unspecified atom stereocenters. The Balaban J connectivity index is 0.996. The number of nitrogens with zero attached hydrogens (tertiary/aromatic N) is 2. The van der Waals surface area contributed by atoms with Gasteiger partial charge in [-0.15, -0.1) is 0 Å². The maximum atomic E-state index is 5.32. The lowest BCUT2D eigenvalue weighted by Crippen LogP contribution is -1.96. The molecule has 262 valence electrons. The molecule has 2 heteroatoms. The summed E-state index contributed by atoms with van der Waals surface area (Å²) in [5.74, 6) is 0.715. The van der Waals surface area contributed by atoms with E-state index in [1.54, 1.807) is 0 Å². The molecule has 0 aliphatic carbocycles. The highest BCUT2D eigenvalue weighted by Crippen LogP contribution is 2.37. The standard InChI is InChI=1S/C54H36N2/c1-3-12-37(13-4-1)39-24-26-40(27-25-39)44-17-9-20-47(34-44)48-21-10-18-45(35-48)41-28-30-43(31-29-41)53-52-50-23-8-7-16-42(50)32-33-51(52)55-54(56-53)49-22-11-19-46(36-49)38-14-5-2-6-15-38/h1-36H. The van der Waals surface area contributed by atoms with E-state index in [9.17, 15) is 0 Å². The van der Waals surface area contributed by atoms with Crippen LogP contribution in [0.4, 0.5) is 0 Å². The normalized spacial score (nSPS) is 11.2. The van der Waals surface area contributed by atoms with Gasteiger partial charge < -0.3 is 0 Å². The van der Waals surface area contributed by atoms with Crippen molar-refractivity contribution in [3.63, 3.8) is 0 Å². The average Bonchev–Trinajstić information content (AvgIpc) is 3.29. The quantitative estimate of drug-likeness (QED) is 0.154. The number of aromatic nitrogens is 2.